The van der Waals surface area contributed by atoms with Crippen LogP contribution in [0.15, 0.2) is 77.7 Å². The van der Waals surface area contributed by atoms with Gasteiger partial charge in [0.25, 0.3) is 5.91 Å². The van der Waals surface area contributed by atoms with Gasteiger partial charge in [-0.05, 0) is 41.5 Å². The average molecular weight is 520 g/mol. The Hall–Kier alpha value is -3.90. The number of hydrogen-bond acceptors (Lipinski definition) is 6. The smallest absolute Gasteiger partial charge is 0.416 e. The molecule has 0 saturated heterocycles. The van der Waals surface area contributed by atoms with Crippen molar-refractivity contribution >= 4 is 27.6 Å². The summed E-state index contributed by atoms with van der Waals surface area (Å²) in [6, 6.07) is 17.1. The third-order valence-electron chi connectivity index (χ3n) is 5.32. The number of fused-ring (bicyclic) bond motifs is 1. The molecule has 12 heteroatoms. The standard InChI is InChI=1S/C24H20F3N3O5S/c25-24(26,27)18-10-11-20-19(12-18)29-22(30-36(20,33)34)16-6-8-17(9-7-16)23(32)35-14-21(31)28-13-15-4-2-1-3-5-15/h1-12,22,29-30H,13-14H2,(H,28,31)/t22-/m1/s1. The molecule has 3 N–H and O–H groups in total. The highest BCUT2D eigenvalue weighted by Gasteiger charge is 2.35. The van der Waals surface area contributed by atoms with Crippen LogP contribution in [0.3, 0.4) is 0 Å². The molecule has 1 amide bonds. The number of esters is 1. The quantitative estimate of drug-likeness (QED) is 0.429. The van der Waals surface area contributed by atoms with E-state index in [9.17, 15) is 31.2 Å². The third kappa shape index (κ3) is 5.83. The first-order chi connectivity index (χ1) is 17.0. The minimum atomic E-state index is -4.64. The molecule has 0 radical (unpaired) electrons. The lowest BCUT2D eigenvalue weighted by atomic mass is 10.1. The molecule has 0 spiro atoms. The van der Waals surface area contributed by atoms with E-state index >= 15 is 0 Å². The second-order valence-electron chi connectivity index (χ2n) is 7.87. The molecule has 3 aromatic carbocycles. The number of sulfonamides is 1. The molecule has 1 aliphatic rings. The fraction of sp³-hybridized carbons (Fsp3) is 0.167. The van der Waals surface area contributed by atoms with Gasteiger partial charge < -0.3 is 15.4 Å². The van der Waals surface area contributed by atoms with Gasteiger partial charge in [-0.2, -0.15) is 17.9 Å². The summed E-state index contributed by atoms with van der Waals surface area (Å²) in [5.41, 5.74) is 0.151. The van der Waals surface area contributed by atoms with Crippen molar-refractivity contribution in [1.82, 2.24) is 10.0 Å². The van der Waals surface area contributed by atoms with Crippen LogP contribution in [0.4, 0.5) is 18.9 Å². The van der Waals surface area contributed by atoms with Crippen LogP contribution in [0.5, 0.6) is 0 Å². The summed E-state index contributed by atoms with van der Waals surface area (Å²) in [6.07, 6.45) is -5.71. The van der Waals surface area contributed by atoms with Gasteiger partial charge in [0.1, 0.15) is 11.1 Å². The predicted molar refractivity (Wildman–Crippen MR) is 123 cm³/mol. The zero-order valence-corrected chi connectivity index (χ0v) is 19.3. The number of anilines is 1. The van der Waals surface area contributed by atoms with Gasteiger partial charge in [0.05, 0.1) is 16.8 Å². The van der Waals surface area contributed by atoms with E-state index in [1.807, 2.05) is 30.3 Å². The lowest BCUT2D eigenvalue weighted by Gasteiger charge is -2.29. The molecule has 1 aliphatic heterocycles. The maximum atomic E-state index is 13.1. The van der Waals surface area contributed by atoms with Gasteiger partial charge in [-0.3, -0.25) is 4.79 Å². The molecule has 4 rings (SSSR count). The van der Waals surface area contributed by atoms with Crippen LogP contribution in [0.1, 0.15) is 33.2 Å². The van der Waals surface area contributed by atoms with Gasteiger partial charge >= 0.3 is 12.1 Å². The number of alkyl halides is 3. The highest BCUT2D eigenvalue weighted by Crippen LogP contribution is 2.37. The first kappa shape index (κ1) is 25.2. The number of carbonyl (C=O) groups is 2. The zero-order chi connectivity index (χ0) is 25.9. The number of ether oxygens (including phenoxy) is 1. The molecular weight excluding hydrogens is 499 g/mol. The Kier molecular flexibility index (Phi) is 7.00. The summed E-state index contributed by atoms with van der Waals surface area (Å²) >= 11 is 0. The average Bonchev–Trinajstić information content (AvgIpc) is 2.85. The van der Waals surface area contributed by atoms with E-state index in [-0.39, 0.29) is 22.7 Å². The molecular formula is C24H20F3N3O5S. The largest absolute Gasteiger partial charge is 0.452 e. The summed E-state index contributed by atoms with van der Waals surface area (Å²) in [4.78, 5) is 23.9. The van der Waals surface area contributed by atoms with Crippen LogP contribution in [0.2, 0.25) is 0 Å². The highest BCUT2D eigenvalue weighted by molar-refractivity contribution is 7.89. The molecule has 8 nitrogen and oxygen atoms in total. The van der Waals surface area contributed by atoms with Gasteiger partial charge in [-0.25, -0.2) is 13.2 Å². The maximum absolute atomic E-state index is 13.1. The Balaban J connectivity index is 1.39. The van der Waals surface area contributed by atoms with E-state index in [2.05, 4.69) is 15.4 Å². The van der Waals surface area contributed by atoms with Crippen molar-refractivity contribution in [3.8, 4) is 0 Å². The monoisotopic (exact) mass is 519 g/mol. The number of amides is 1. The second-order valence-corrected chi connectivity index (χ2v) is 9.55. The Morgan fingerprint density at radius 1 is 0.972 bits per heavy atom. The van der Waals surface area contributed by atoms with Gasteiger partial charge in [-0.1, -0.05) is 42.5 Å². The van der Waals surface area contributed by atoms with Crippen molar-refractivity contribution in [3.63, 3.8) is 0 Å². The molecule has 188 valence electrons. The van der Waals surface area contributed by atoms with Crippen molar-refractivity contribution < 1.29 is 35.9 Å². The summed E-state index contributed by atoms with van der Waals surface area (Å²) in [6.45, 7) is -0.209. The van der Waals surface area contributed by atoms with Crippen molar-refractivity contribution in [2.24, 2.45) is 0 Å². The van der Waals surface area contributed by atoms with E-state index in [1.54, 1.807) is 0 Å². The molecule has 0 saturated carbocycles. The highest BCUT2D eigenvalue weighted by atomic mass is 32.2. The van der Waals surface area contributed by atoms with Crippen LogP contribution in [0, 0.1) is 0 Å². The number of benzene rings is 3. The maximum Gasteiger partial charge on any atom is 0.416 e. The number of carbonyl (C=O) groups excluding carboxylic acids is 2. The molecule has 1 heterocycles. The van der Waals surface area contributed by atoms with Crippen LogP contribution in [-0.2, 0) is 32.3 Å². The summed E-state index contributed by atoms with van der Waals surface area (Å²) in [5.74, 6) is -1.25. The normalized spacial score (nSPS) is 16.4. The molecule has 0 fully saturated rings. The van der Waals surface area contributed by atoms with Gasteiger partial charge in [0.15, 0.2) is 6.61 Å². The molecule has 0 bridgehead atoms. The molecule has 0 unspecified atom stereocenters. The Labute approximate surface area is 204 Å². The van der Waals surface area contributed by atoms with Crippen LogP contribution in [0.25, 0.3) is 0 Å². The Morgan fingerprint density at radius 3 is 2.33 bits per heavy atom. The van der Waals surface area contributed by atoms with Crippen molar-refractivity contribution in [2.75, 3.05) is 11.9 Å². The third-order valence-corrected chi connectivity index (χ3v) is 6.80. The fourth-order valence-corrected chi connectivity index (χ4v) is 4.77. The first-order valence-corrected chi connectivity index (χ1v) is 12.1. The number of nitrogens with one attached hydrogen (secondary N) is 3. The SMILES string of the molecule is O=C(COC(=O)c1ccc([C@@H]2Nc3cc(C(F)(F)F)ccc3S(=O)(=O)N2)cc1)NCc1ccccc1. The van der Waals surface area contributed by atoms with Gasteiger partial charge in [-0.15, -0.1) is 0 Å². The van der Waals surface area contributed by atoms with E-state index < -0.39 is 46.4 Å². The van der Waals surface area contributed by atoms with Gasteiger partial charge in [0, 0.05) is 6.54 Å². The lowest BCUT2D eigenvalue weighted by Crippen LogP contribution is -2.38. The van der Waals surface area contributed by atoms with E-state index in [1.165, 1.54) is 24.3 Å². The minimum Gasteiger partial charge on any atom is -0.452 e. The van der Waals surface area contributed by atoms with Crippen molar-refractivity contribution in [3.05, 3.63) is 95.1 Å². The van der Waals surface area contributed by atoms with Crippen LogP contribution >= 0.6 is 0 Å². The summed E-state index contributed by atoms with van der Waals surface area (Å²) in [5, 5.41) is 5.37. The molecule has 36 heavy (non-hydrogen) atoms. The Morgan fingerprint density at radius 2 is 1.67 bits per heavy atom. The molecule has 0 aromatic heterocycles. The van der Waals surface area contributed by atoms with Gasteiger partial charge in [0.2, 0.25) is 10.0 Å². The van der Waals surface area contributed by atoms with E-state index in [4.69, 9.17) is 4.74 Å². The van der Waals surface area contributed by atoms with Crippen LogP contribution < -0.4 is 15.4 Å². The predicted octanol–water partition coefficient (Wildman–Crippen LogP) is 3.58. The Bertz CT molecular complexity index is 1380. The minimum absolute atomic E-state index is 0.105. The summed E-state index contributed by atoms with van der Waals surface area (Å²) < 4.78 is 71.6. The van der Waals surface area contributed by atoms with E-state index in [0.29, 0.717) is 11.6 Å². The lowest BCUT2D eigenvalue weighted by molar-refractivity contribution is -0.137. The van der Waals surface area contributed by atoms with Crippen molar-refractivity contribution in [1.29, 1.82) is 0 Å². The second kappa shape index (κ2) is 9.99. The fourth-order valence-electron chi connectivity index (χ4n) is 3.48. The zero-order valence-electron chi connectivity index (χ0n) is 18.5. The van der Waals surface area contributed by atoms with Crippen LogP contribution in [-0.4, -0.2) is 26.9 Å². The molecule has 0 aliphatic carbocycles. The summed E-state index contributed by atoms with van der Waals surface area (Å²) in [7, 11) is -4.09. The number of halogens is 3. The van der Waals surface area contributed by atoms with Crippen molar-refractivity contribution in [2.45, 2.75) is 23.8 Å². The molecule has 3 aromatic rings. The molecule has 1 atom stereocenters. The van der Waals surface area contributed by atoms with E-state index in [0.717, 1.165) is 17.7 Å². The number of rotatable bonds is 6. The topological polar surface area (TPSA) is 114 Å². The first-order valence-electron chi connectivity index (χ1n) is 10.6. The number of hydrogen-bond donors (Lipinski definition) is 3.